The topological polar surface area (TPSA) is 0 Å². The molecule has 0 heteroatoms. The molecule has 4 rings (SSSR count). The lowest BCUT2D eigenvalue weighted by molar-refractivity contribution is 0.113. The minimum Gasteiger partial charge on any atom is -0.0654 e. The summed E-state index contributed by atoms with van der Waals surface area (Å²) in [4.78, 5) is 0. The lowest BCUT2D eigenvalue weighted by atomic mass is 9.63. The molecule has 5 atom stereocenters. The SMILES string of the molecule is CCCCC1CCC2CC(c3ccc4c(c3)CCC(CCC)C4)CCC2C1. The molecule has 0 nitrogen and oxygen atoms in total. The lowest BCUT2D eigenvalue weighted by Crippen LogP contribution is -2.30. The smallest absolute Gasteiger partial charge is 0.0159 e. The van der Waals surface area contributed by atoms with Gasteiger partial charge in [-0.25, -0.2) is 0 Å². The lowest BCUT2D eigenvalue weighted by Gasteiger charge is -2.42. The van der Waals surface area contributed by atoms with Gasteiger partial charge in [-0.3, -0.25) is 0 Å². The molecule has 0 aliphatic heterocycles. The Morgan fingerprint density at radius 3 is 2.48 bits per heavy atom. The molecule has 0 N–H and O–H groups in total. The fourth-order valence-corrected chi connectivity index (χ4v) is 6.80. The van der Waals surface area contributed by atoms with Crippen molar-refractivity contribution >= 4 is 0 Å². The minimum atomic E-state index is 0.858. The van der Waals surface area contributed by atoms with E-state index in [-0.39, 0.29) is 0 Å². The second-order valence-corrected chi connectivity index (χ2v) is 10.3. The second-order valence-electron chi connectivity index (χ2n) is 10.3. The molecule has 0 radical (unpaired) electrons. The van der Waals surface area contributed by atoms with Crippen molar-refractivity contribution in [2.24, 2.45) is 23.7 Å². The van der Waals surface area contributed by atoms with E-state index in [0.717, 1.165) is 29.6 Å². The molecule has 1 aromatic rings. The van der Waals surface area contributed by atoms with E-state index < -0.39 is 0 Å². The highest BCUT2D eigenvalue weighted by Crippen LogP contribution is 2.48. The van der Waals surface area contributed by atoms with Gasteiger partial charge in [0.1, 0.15) is 0 Å². The zero-order chi connectivity index (χ0) is 18.6. The summed E-state index contributed by atoms with van der Waals surface area (Å²) in [7, 11) is 0. The van der Waals surface area contributed by atoms with Gasteiger partial charge in [-0.1, -0.05) is 70.6 Å². The monoisotopic (exact) mass is 366 g/mol. The summed E-state index contributed by atoms with van der Waals surface area (Å²) in [5.41, 5.74) is 5.06. The van der Waals surface area contributed by atoms with Gasteiger partial charge in [0.15, 0.2) is 0 Å². The fourth-order valence-electron chi connectivity index (χ4n) is 6.80. The molecule has 0 heterocycles. The van der Waals surface area contributed by atoms with E-state index in [1.807, 2.05) is 0 Å². The quantitative estimate of drug-likeness (QED) is 0.477. The Morgan fingerprint density at radius 2 is 1.63 bits per heavy atom. The highest BCUT2D eigenvalue weighted by Gasteiger charge is 2.36. The van der Waals surface area contributed by atoms with Crippen LogP contribution in [0, 0.1) is 23.7 Å². The normalized spacial score (nSPS) is 33.3. The van der Waals surface area contributed by atoms with Crippen LogP contribution in [0.5, 0.6) is 0 Å². The van der Waals surface area contributed by atoms with Gasteiger partial charge in [-0.2, -0.15) is 0 Å². The van der Waals surface area contributed by atoms with Gasteiger partial charge >= 0.3 is 0 Å². The number of hydrogen-bond acceptors (Lipinski definition) is 0. The Balaban J connectivity index is 1.36. The Bertz CT molecular complexity index is 600. The summed E-state index contributed by atoms with van der Waals surface area (Å²) in [6.07, 6.45) is 20.3. The van der Waals surface area contributed by atoms with E-state index >= 15 is 0 Å². The minimum absolute atomic E-state index is 0.858. The van der Waals surface area contributed by atoms with Gasteiger partial charge < -0.3 is 0 Å². The molecule has 1 aromatic carbocycles. The predicted octanol–water partition coefficient (Wildman–Crippen LogP) is 8.08. The van der Waals surface area contributed by atoms with Crippen LogP contribution in [0.25, 0.3) is 0 Å². The Hall–Kier alpha value is -0.780. The van der Waals surface area contributed by atoms with Crippen LogP contribution in [0.4, 0.5) is 0 Å². The summed E-state index contributed by atoms with van der Waals surface area (Å²) >= 11 is 0. The summed E-state index contributed by atoms with van der Waals surface area (Å²) in [5, 5.41) is 0. The van der Waals surface area contributed by atoms with Gasteiger partial charge in [0.25, 0.3) is 0 Å². The first kappa shape index (κ1) is 19.5. The van der Waals surface area contributed by atoms with Crippen molar-refractivity contribution in [2.75, 3.05) is 0 Å². The van der Waals surface area contributed by atoms with Gasteiger partial charge in [-0.15, -0.1) is 0 Å². The Labute approximate surface area is 168 Å². The Morgan fingerprint density at radius 1 is 0.778 bits per heavy atom. The first-order chi connectivity index (χ1) is 13.3. The van der Waals surface area contributed by atoms with Gasteiger partial charge in [0.2, 0.25) is 0 Å². The number of fused-ring (bicyclic) bond motifs is 2. The molecule has 0 amide bonds. The fraction of sp³-hybridized carbons (Fsp3) is 0.778. The zero-order valence-electron chi connectivity index (χ0n) is 18.0. The first-order valence-corrected chi connectivity index (χ1v) is 12.4. The van der Waals surface area contributed by atoms with Crippen molar-refractivity contribution in [3.8, 4) is 0 Å². The van der Waals surface area contributed by atoms with Gasteiger partial charge in [0.05, 0.1) is 0 Å². The van der Waals surface area contributed by atoms with Crippen LogP contribution < -0.4 is 0 Å². The van der Waals surface area contributed by atoms with Crippen LogP contribution in [0.1, 0.15) is 114 Å². The van der Waals surface area contributed by atoms with Gasteiger partial charge in [-0.05, 0) is 97.6 Å². The molecule has 27 heavy (non-hydrogen) atoms. The molecule has 2 saturated carbocycles. The van der Waals surface area contributed by atoms with E-state index in [1.165, 1.54) is 83.5 Å². The first-order valence-electron chi connectivity index (χ1n) is 12.4. The van der Waals surface area contributed by atoms with E-state index in [1.54, 1.807) is 23.1 Å². The largest absolute Gasteiger partial charge is 0.0654 e. The van der Waals surface area contributed by atoms with Crippen LogP contribution in [0.2, 0.25) is 0 Å². The summed E-state index contributed by atoms with van der Waals surface area (Å²) in [5.74, 6) is 4.96. The molecule has 3 aliphatic rings. The van der Waals surface area contributed by atoms with E-state index in [0.29, 0.717) is 0 Å². The highest BCUT2D eigenvalue weighted by atomic mass is 14.4. The van der Waals surface area contributed by atoms with E-state index in [9.17, 15) is 0 Å². The van der Waals surface area contributed by atoms with Crippen molar-refractivity contribution in [3.63, 3.8) is 0 Å². The molecule has 2 fully saturated rings. The highest BCUT2D eigenvalue weighted by molar-refractivity contribution is 5.36. The van der Waals surface area contributed by atoms with Crippen molar-refractivity contribution in [3.05, 3.63) is 34.9 Å². The van der Waals surface area contributed by atoms with E-state index in [2.05, 4.69) is 32.0 Å². The van der Waals surface area contributed by atoms with E-state index in [4.69, 9.17) is 0 Å². The van der Waals surface area contributed by atoms with Crippen molar-refractivity contribution < 1.29 is 0 Å². The number of benzene rings is 1. The molecule has 0 spiro atoms. The summed E-state index contributed by atoms with van der Waals surface area (Å²) in [6.45, 7) is 4.69. The van der Waals surface area contributed by atoms with Crippen molar-refractivity contribution in [1.29, 1.82) is 0 Å². The van der Waals surface area contributed by atoms with Crippen LogP contribution in [0.3, 0.4) is 0 Å². The molecular formula is C27H42. The Kier molecular flexibility index (Phi) is 6.62. The maximum absolute atomic E-state index is 2.63. The van der Waals surface area contributed by atoms with Crippen LogP contribution in [0.15, 0.2) is 18.2 Å². The standard InChI is InChI=1S/C27H42/c1-3-5-7-21-9-11-25-19-27(15-13-23(25)17-21)26-14-12-22-16-20(6-4-2)8-10-24(22)18-26/h12,14,18,20-21,23,25,27H,3-11,13,15-17,19H2,1-2H3. The van der Waals surface area contributed by atoms with Crippen molar-refractivity contribution in [1.82, 2.24) is 0 Å². The molecule has 150 valence electrons. The average molecular weight is 367 g/mol. The molecule has 5 unspecified atom stereocenters. The average Bonchev–Trinajstić information content (AvgIpc) is 2.71. The zero-order valence-corrected chi connectivity index (χ0v) is 18.0. The van der Waals surface area contributed by atoms with Crippen LogP contribution in [-0.2, 0) is 12.8 Å². The summed E-state index contributed by atoms with van der Waals surface area (Å²) in [6, 6.07) is 7.67. The second kappa shape index (κ2) is 9.15. The number of unbranched alkanes of at least 4 members (excludes halogenated alkanes) is 1. The number of rotatable bonds is 6. The maximum Gasteiger partial charge on any atom is -0.0159 e. The third-order valence-corrected chi connectivity index (χ3v) is 8.42. The van der Waals surface area contributed by atoms with Crippen LogP contribution in [-0.4, -0.2) is 0 Å². The predicted molar refractivity (Wildman–Crippen MR) is 117 cm³/mol. The third kappa shape index (κ3) is 4.63. The number of aryl methyl sites for hydroxylation is 1. The molecule has 0 bridgehead atoms. The number of hydrogen-bond donors (Lipinski definition) is 0. The summed E-state index contributed by atoms with van der Waals surface area (Å²) < 4.78 is 0. The molecular weight excluding hydrogens is 324 g/mol. The molecule has 0 saturated heterocycles. The van der Waals surface area contributed by atoms with Gasteiger partial charge in [0, 0.05) is 0 Å². The van der Waals surface area contributed by atoms with Crippen LogP contribution >= 0.6 is 0 Å². The maximum atomic E-state index is 2.63. The van der Waals surface area contributed by atoms with Crippen molar-refractivity contribution in [2.45, 2.75) is 110 Å². The molecule has 3 aliphatic carbocycles. The third-order valence-electron chi connectivity index (χ3n) is 8.42. The molecule has 0 aromatic heterocycles.